The number of thiophene rings is 1. The zero-order chi connectivity index (χ0) is 14.9. The molecule has 21 heavy (non-hydrogen) atoms. The zero-order valence-corrected chi connectivity index (χ0v) is 13.7. The van der Waals surface area contributed by atoms with E-state index in [1.807, 2.05) is 16.2 Å². The fourth-order valence-corrected chi connectivity index (χ4v) is 4.10. The summed E-state index contributed by atoms with van der Waals surface area (Å²) in [6.45, 7) is 7.09. The first kappa shape index (κ1) is 15.0. The lowest BCUT2D eigenvalue weighted by Gasteiger charge is -2.36. The van der Waals surface area contributed by atoms with Gasteiger partial charge >= 0.3 is 0 Å². The molecule has 1 amide bonds. The van der Waals surface area contributed by atoms with Crippen molar-refractivity contribution in [1.82, 2.24) is 10.2 Å². The molecule has 4 nitrogen and oxygen atoms in total. The molecule has 1 N–H and O–H groups in total. The van der Waals surface area contributed by atoms with Crippen LogP contribution in [0.25, 0.3) is 0 Å². The molecule has 1 aromatic rings. The van der Waals surface area contributed by atoms with Crippen molar-refractivity contribution in [2.45, 2.75) is 51.3 Å². The van der Waals surface area contributed by atoms with Crippen LogP contribution in [0, 0.1) is 0 Å². The summed E-state index contributed by atoms with van der Waals surface area (Å²) in [5.41, 5.74) is 1.25. The van der Waals surface area contributed by atoms with E-state index >= 15 is 0 Å². The summed E-state index contributed by atoms with van der Waals surface area (Å²) in [7, 11) is 0. The molecule has 1 aromatic heterocycles. The molecule has 1 saturated heterocycles. The molecule has 1 atom stereocenters. The van der Waals surface area contributed by atoms with Crippen LogP contribution in [0.2, 0.25) is 0 Å². The Morgan fingerprint density at radius 2 is 2.43 bits per heavy atom. The van der Waals surface area contributed by atoms with E-state index in [1.165, 1.54) is 10.4 Å². The van der Waals surface area contributed by atoms with Gasteiger partial charge in [-0.2, -0.15) is 0 Å². The quantitative estimate of drug-likeness (QED) is 0.930. The van der Waals surface area contributed by atoms with Crippen LogP contribution in [0.1, 0.15) is 37.1 Å². The van der Waals surface area contributed by atoms with Crippen LogP contribution >= 0.6 is 11.3 Å². The van der Waals surface area contributed by atoms with Crippen LogP contribution in [0.5, 0.6) is 0 Å². The van der Waals surface area contributed by atoms with Crippen LogP contribution in [-0.4, -0.2) is 42.1 Å². The van der Waals surface area contributed by atoms with Gasteiger partial charge < -0.3 is 15.0 Å². The summed E-state index contributed by atoms with van der Waals surface area (Å²) in [6, 6.07) is 2.53. The van der Waals surface area contributed by atoms with Crippen molar-refractivity contribution in [1.29, 1.82) is 0 Å². The maximum atomic E-state index is 12.4. The maximum absolute atomic E-state index is 12.4. The second kappa shape index (κ2) is 6.07. The highest BCUT2D eigenvalue weighted by Crippen LogP contribution is 2.25. The van der Waals surface area contributed by atoms with Gasteiger partial charge in [0.15, 0.2) is 0 Å². The fraction of sp³-hybridized carbons (Fsp3) is 0.688. The smallest absolute Gasteiger partial charge is 0.236 e. The third kappa shape index (κ3) is 3.65. The van der Waals surface area contributed by atoms with Gasteiger partial charge in [0.2, 0.25) is 5.91 Å². The Hall–Kier alpha value is -0.910. The van der Waals surface area contributed by atoms with Gasteiger partial charge in [0.05, 0.1) is 12.1 Å². The molecule has 3 rings (SSSR count). The number of fused-ring (bicyclic) bond motifs is 1. The molecule has 0 spiro atoms. The molecule has 3 heterocycles. The fourth-order valence-electron chi connectivity index (χ4n) is 3.21. The van der Waals surface area contributed by atoms with Crippen molar-refractivity contribution in [2.24, 2.45) is 0 Å². The minimum atomic E-state index is -0.0737. The number of carbonyl (C=O) groups excluding carboxylic acids is 1. The van der Waals surface area contributed by atoms with E-state index in [0.717, 1.165) is 39.0 Å². The number of ether oxygens (including phenoxy) is 1. The first-order chi connectivity index (χ1) is 10.0. The standard InChI is InChI=1S/C16H24N2O2S/c1-16(2)9-13(4-7-20-16)17-10-15(19)18-6-3-14-12(11-18)5-8-21-14/h5,8,13,17H,3-4,6-7,9-11H2,1-2H3. The van der Waals surface area contributed by atoms with Crippen LogP contribution < -0.4 is 5.32 Å². The van der Waals surface area contributed by atoms with E-state index in [-0.39, 0.29) is 11.5 Å². The second-order valence-electron chi connectivity index (χ2n) is 6.61. The number of carbonyl (C=O) groups is 1. The monoisotopic (exact) mass is 308 g/mol. The molecular weight excluding hydrogens is 284 g/mol. The first-order valence-electron chi connectivity index (χ1n) is 7.74. The van der Waals surface area contributed by atoms with Crippen LogP contribution in [0.15, 0.2) is 11.4 Å². The summed E-state index contributed by atoms with van der Waals surface area (Å²) in [6.07, 6.45) is 2.96. The predicted octanol–water partition coefficient (Wildman–Crippen LogP) is 2.18. The van der Waals surface area contributed by atoms with Crippen molar-refractivity contribution in [2.75, 3.05) is 19.7 Å². The van der Waals surface area contributed by atoms with Gasteiger partial charge in [0, 0.05) is 30.6 Å². The van der Waals surface area contributed by atoms with E-state index in [2.05, 4.69) is 30.6 Å². The highest BCUT2D eigenvalue weighted by molar-refractivity contribution is 7.10. The van der Waals surface area contributed by atoms with Crippen molar-refractivity contribution in [3.8, 4) is 0 Å². The molecular formula is C16H24N2O2S. The first-order valence-corrected chi connectivity index (χ1v) is 8.62. The van der Waals surface area contributed by atoms with E-state index in [0.29, 0.717) is 12.6 Å². The Morgan fingerprint density at radius 1 is 1.57 bits per heavy atom. The Labute approximate surface area is 130 Å². The van der Waals surface area contributed by atoms with Gasteiger partial charge in [-0.3, -0.25) is 4.79 Å². The zero-order valence-electron chi connectivity index (χ0n) is 12.9. The van der Waals surface area contributed by atoms with E-state index in [4.69, 9.17) is 4.74 Å². The van der Waals surface area contributed by atoms with E-state index in [1.54, 1.807) is 0 Å². The lowest BCUT2D eigenvalue weighted by molar-refractivity contribution is -0.131. The molecule has 2 aliphatic rings. The molecule has 1 fully saturated rings. The highest BCUT2D eigenvalue weighted by Gasteiger charge is 2.29. The molecule has 0 aliphatic carbocycles. The maximum Gasteiger partial charge on any atom is 0.236 e. The molecule has 1 unspecified atom stereocenters. The normalized spacial score (nSPS) is 24.7. The largest absolute Gasteiger partial charge is 0.375 e. The Kier molecular flexibility index (Phi) is 4.33. The van der Waals surface area contributed by atoms with Crippen molar-refractivity contribution >= 4 is 17.2 Å². The third-order valence-corrected chi connectivity index (χ3v) is 5.42. The SMILES string of the molecule is CC1(C)CC(NCC(=O)N2CCc3sccc3C2)CCO1. The Balaban J connectivity index is 1.49. The molecule has 0 bridgehead atoms. The van der Waals surface area contributed by atoms with Gasteiger partial charge in [-0.1, -0.05) is 0 Å². The minimum absolute atomic E-state index is 0.0737. The van der Waals surface area contributed by atoms with Crippen molar-refractivity contribution < 1.29 is 9.53 Å². The van der Waals surface area contributed by atoms with Gasteiger partial charge in [-0.15, -0.1) is 11.3 Å². The highest BCUT2D eigenvalue weighted by atomic mass is 32.1. The summed E-state index contributed by atoms with van der Waals surface area (Å²) in [4.78, 5) is 15.8. The number of hydrogen-bond acceptors (Lipinski definition) is 4. The Bertz CT molecular complexity index is 512. The number of nitrogens with zero attached hydrogens (tertiary/aromatic N) is 1. The minimum Gasteiger partial charge on any atom is -0.375 e. The van der Waals surface area contributed by atoms with Gasteiger partial charge in [0.1, 0.15) is 0 Å². The van der Waals surface area contributed by atoms with Gasteiger partial charge in [-0.25, -0.2) is 0 Å². The summed E-state index contributed by atoms with van der Waals surface area (Å²) >= 11 is 1.81. The van der Waals surface area contributed by atoms with Gasteiger partial charge in [-0.05, 0) is 50.1 Å². The van der Waals surface area contributed by atoms with Crippen LogP contribution in [0.3, 0.4) is 0 Å². The van der Waals surface area contributed by atoms with E-state index < -0.39 is 0 Å². The summed E-state index contributed by atoms with van der Waals surface area (Å²) < 4.78 is 5.71. The van der Waals surface area contributed by atoms with Gasteiger partial charge in [0.25, 0.3) is 0 Å². The molecule has 2 aliphatic heterocycles. The number of nitrogens with one attached hydrogen (secondary N) is 1. The third-order valence-electron chi connectivity index (χ3n) is 4.40. The summed E-state index contributed by atoms with van der Waals surface area (Å²) in [5, 5.41) is 5.55. The topological polar surface area (TPSA) is 41.6 Å². The van der Waals surface area contributed by atoms with E-state index in [9.17, 15) is 4.79 Å². The average Bonchev–Trinajstić information content (AvgIpc) is 2.91. The molecule has 0 saturated carbocycles. The lowest BCUT2D eigenvalue weighted by Crippen LogP contribution is -2.48. The number of rotatable bonds is 3. The number of amides is 1. The summed E-state index contributed by atoms with van der Waals surface area (Å²) in [5.74, 6) is 0.219. The van der Waals surface area contributed by atoms with Crippen LogP contribution in [0.4, 0.5) is 0 Å². The van der Waals surface area contributed by atoms with Crippen molar-refractivity contribution in [3.63, 3.8) is 0 Å². The Morgan fingerprint density at radius 3 is 3.24 bits per heavy atom. The molecule has 116 valence electrons. The molecule has 0 aromatic carbocycles. The van der Waals surface area contributed by atoms with Crippen molar-refractivity contribution in [3.05, 3.63) is 21.9 Å². The second-order valence-corrected chi connectivity index (χ2v) is 7.61. The molecule has 0 radical (unpaired) electrons. The lowest BCUT2D eigenvalue weighted by atomic mass is 9.94. The number of hydrogen-bond donors (Lipinski definition) is 1. The molecule has 5 heteroatoms. The van der Waals surface area contributed by atoms with Crippen LogP contribution in [-0.2, 0) is 22.5 Å². The predicted molar refractivity (Wildman–Crippen MR) is 84.5 cm³/mol. The average molecular weight is 308 g/mol.